The van der Waals surface area contributed by atoms with Crippen LogP contribution >= 0.6 is 15.9 Å². The van der Waals surface area contributed by atoms with Crippen molar-refractivity contribution in [2.45, 2.75) is 32.4 Å². The topological polar surface area (TPSA) is 73.5 Å². The largest absolute Gasteiger partial charge is 0.497 e. The molecule has 1 fully saturated rings. The molecule has 2 heterocycles. The van der Waals surface area contributed by atoms with Gasteiger partial charge in [0.2, 0.25) is 5.91 Å². The number of aryl methyl sites for hydroxylation is 2. The van der Waals surface area contributed by atoms with E-state index in [-0.39, 0.29) is 30.5 Å². The van der Waals surface area contributed by atoms with Crippen LogP contribution in [0.25, 0.3) is 11.0 Å². The van der Waals surface area contributed by atoms with Gasteiger partial charge in [-0.2, -0.15) is 0 Å². The molecule has 1 aromatic heterocycles. The van der Waals surface area contributed by atoms with E-state index in [1.807, 2.05) is 31.2 Å². The second kappa shape index (κ2) is 7.75. The first kappa shape index (κ1) is 20.4. The molecule has 1 atom stereocenters. The monoisotopic (exact) mass is 471 g/mol. The maximum atomic E-state index is 13.3. The van der Waals surface area contributed by atoms with Crippen LogP contribution in [0.5, 0.6) is 5.75 Å². The molecule has 0 radical (unpaired) electrons. The maximum absolute atomic E-state index is 13.3. The van der Waals surface area contributed by atoms with Crippen LogP contribution in [0.15, 0.2) is 45.7 Å². The van der Waals surface area contributed by atoms with E-state index in [1.54, 1.807) is 26.3 Å². The second-order valence-electron chi connectivity index (χ2n) is 7.55. The second-order valence-corrected chi connectivity index (χ2v) is 8.40. The lowest BCUT2D eigenvalue weighted by molar-refractivity contribution is -0.151. The van der Waals surface area contributed by atoms with Gasteiger partial charge in [-0.25, -0.2) is 4.79 Å². The van der Waals surface area contributed by atoms with Crippen molar-refractivity contribution in [2.24, 2.45) is 7.05 Å². The molecule has 1 aliphatic heterocycles. The van der Waals surface area contributed by atoms with Crippen molar-refractivity contribution in [1.29, 1.82) is 0 Å². The van der Waals surface area contributed by atoms with E-state index in [2.05, 4.69) is 15.9 Å². The number of amides is 2. The van der Waals surface area contributed by atoms with Crippen molar-refractivity contribution in [3.05, 3.63) is 62.5 Å². The molecule has 0 saturated carbocycles. The number of halogens is 1. The summed E-state index contributed by atoms with van der Waals surface area (Å²) in [6.07, 6.45) is 0.518. The first-order valence-corrected chi connectivity index (χ1v) is 10.5. The standard InChI is InChI=1S/C22H22BrN3O4/c1-13-10-16(23)20-18(11-13)26(22(29)24(20)2)17-8-9-19(27)25(21(17)28)12-14-4-6-15(30-3)7-5-14/h4-7,10-11,17H,8-9,12H2,1-3H3. The van der Waals surface area contributed by atoms with E-state index in [4.69, 9.17) is 4.74 Å². The van der Waals surface area contributed by atoms with Crippen molar-refractivity contribution in [3.8, 4) is 5.75 Å². The van der Waals surface area contributed by atoms with Crippen molar-refractivity contribution in [1.82, 2.24) is 14.0 Å². The number of nitrogens with zero attached hydrogens (tertiary/aromatic N) is 3. The zero-order chi connectivity index (χ0) is 21.6. The van der Waals surface area contributed by atoms with Gasteiger partial charge in [-0.15, -0.1) is 0 Å². The summed E-state index contributed by atoms with van der Waals surface area (Å²) in [5, 5.41) is 0. The summed E-state index contributed by atoms with van der Waals surface area (Å²) < 4.78 is 9.03. The number of rotatable bonds is 4. The zero-order valence-corrected chi connectivity index (χ0v) is 18.6. The minimum atomic E-state index is -0.717. The van der Waals surface area contributed by atoms with Crippen LogP contribution in [0, 0.1) is 6.92 Å². The van der Waals surface area contributed by atoms with E-state index in [0.717, 1.165) is 21.1 Å². The highest BCUT2D eigenvalue weighted by Crippen LogP contribution is 2.31. The molecule has 0 spiro atoms. The molecule has 0 N–H and O–H groups in total. The molecule has 7 nitrogen and oxygen atoms in total. The van der Waals surface area contributed by atoms with Gasteiger partial charge in [0.1, 0.15) is 11.8 Å². The molecule has 30 heavy (non-hydrogen) atoms. The van der Waals surface area contributed by atoms with Crippen LogP contribution in [0.2, 0.25) is 0 Å². The number of benzene rings is 2. The molecule has 0 bridgehead atoms. The first-order chi connectivity index (χ1) is 14.3. The number of imidazole rings is 1. The number of ether oxygens (including phenoxy) is 1. The lowest BCUT2D eigenvalue weighted by atomic mass is 10.0. The number of piperidine rings is 1. The summed E-state index contributed by atoms with van der Waals surface area (Å²) in [4.78, 5) is 40.2. The molecule has 8 heteroatoms. The SMILES string of the molecule is COc1ccc(CN2C(=O)CCC(n3c(=O)n(C)c4c(Br)cc(C)cc43)C2=O)cc1. The van der Waals surface area contributed by atoms with Crippen LogP contribution in [0.4, 0.5) is 0 Å². The Morgan fingerprint density at radius 2 is 1.83 bits per heavy atom. The predicted octanol–water partition coefficient (Wildman–Crippen LogP) is 3.31. The highest BCUT2D eigenvalue weighted by atomic mass is 79.9. The smallest absolute Gasteiger partial charge is 0.329 e. The lowest BCUT2D eigenvalue weighted by Crippen LogP contribution is -2.47. The quantitative estimate of drug-likeness (QED) is 0.547. The molecule has 4 rings (SSSR count). The van der Waals surface area contributed by atoms with Crippen molar-refractivity contribution in [3.63, 3.8) is 0 Å². The summed E-state index contributed by atoms with van der Waals surface area (Å²) in [7, 11) is 3.27. The maximum Gasteiger partial charge on any atom is 0.329 e. The van der Waals surface area contributed by atoms with Crippen LogP contribution in [-0.2, 0) is 23.2 Å². The van der Waals surface area contributed by atoms with Crippen LogP contribution in [0.1, 0.15) is 30.0 Å². The zero-order valence-electron chi connectivity index (χ0n) is 17.0. The van der Waals surface area contributed by atoms with E-state index in [9.17, 15) is 14.4 Å². The number of carbonyl (C=O) groups is 2. The third kappa shape index (κ3) is 3.35. The molecular formula is C22H22BrN3O4. The summed E-state index contributed by atoms with van der Waals surface area (Å²) in [6.45, 7) is 2.11. The van der Waals surface area contributed by atoms with Crippen LogP contribution in [0.3, 0.4) is 0 Å². The number of carbonyl (C=O) groups excluding carboxylic acids is 2. The van der Waals surface area contributed by atoms with Crippen molar-refractivity contribution >= 4 is 38.8 Å². The number of imide groups is 1. The number of aromatic nitrogens is 2. The first-order valence-electron chi connectivity index (χ1n) is 9.66. The fraction of sp³-hybridized carbons (Fsp3) is 0.318. The highest BCUT2D eigenvalue weighted by molar-refractivity contribution is 9.10. The van der Waals surface area contributed by atoms with Gasteiger partial charge in [0.05, 0.1) is 24.7 Å². The van der Waals surface area contributed by atoms with E-state index >= 15 is 0 Å². The average Bonchev–Trinajstić information content (AvgIpc) is 2.96. The van der Waals surface area contributed by atoms with Gasteiger partial charge in [-0.3, -0.25) is 23.6 Å². The van der Waals surface area contributed by atoms with Crippen molar-refractivity contribution < 1.29 is 14.3 Å². The molecular weight excluding hydrogens is 450 g/mol. The minimum Gasteiger partial charge on any atom is -0.497 e. The number of fused-ring (bicyclic) bond motifs is 1. The van der Waals surface area contributed by atoms with Crippen molar-refractivity contribution in [2.75, 3.05) is 7.11 Å². The molecule has 1 unspecified atom stereocenters. The summed E-state index contributed by atoms with van der Waals surface area (Å²) in [5.41, 5.74) is 2.95. The number of likely N-dealkylation sites (tertiary alicyclic amines) is 1. The third-order valence-corrected chi connectivity index (χ3v) is 6.18. The normalized spacial score (nSPS) is 17.1. The molecule has 1 aliphatic rings. The molecule has 1 saturated heterocycles. The van der Waals surface area contributed by atoms with Crippen LogP contribution in [-0.4, -0.2) is 33.0 Å². The van der Waals surface area contributed by atoms with Gasteiger partial charge in [0.15, 0.2) is 0 Å². The Hall–Kier alpha value is -2.87. The number of hydrogen-bond donors (Lipinski definition) is 0. The van der Waals surface area contributed by atoms with Gasteiger partial charge in [-0.1, -0.05) is 12.1 Å². The summed E-state index contributed by atoms with van der Waals surface area (Å²) in [5.74, 6) is 0.128. The average molecular weight is 472 g/mol. The Kier molecular flexibility index (Phi) is 5.27. The minimum absolute atomic E-state index is 0.167. The molecule has 156 valence electrons. The van der Waals surface area contributed by atoms with Gasteiger partial charge in [0.25, 0.3) is 5.91 Å². The molecule has 2 aromatic carbocycles. The van der Waals surface area contributed by atoms with E-state index in [0.29, 0.717) is 17.7 Å². The van der Waals surface area contributed by atoms with E-state index in [1.165, 1.54) is 14.0 Å². The molecule has 3 aromatic rings. The summed E-state index contributed by atoms with van der Waals surface area (Å²) >= 11 is 3.53. The molecule has 0 aliphatic carbocycles. The fourth-order valence-corrected chi connectivity index (χ4v) is 4.86. The number of methoxy groups -OCH3 is 1. The lowest BCUT2D eigenvalue weighted by Gasteiger charge is -2.31. The number of hydrogen-bond acceptors (Lipinski definition) is 4. The Bertz CT molecular complexity index is 1210. The Balaban J connectivity index is 1.74. The fourth-order valence-electron chi connectivity index (χ4n) is 4.03. The predicted molar refractivity (Wildman–Crippen MR) is 116 cm³/mol. The molecule has 2 amide bonds. The highest BCUT2D eigenvalue weighted by Gasteiger charge is 2.37. The van der Waals surface area contributed by atoms with Gasteiger partial charge in [-0.05, 0) is 64.7 Å². The van der Waals surface area contributed by atoms with Gasteiger partial charge < -0.3 is 4.74 Å². The summed E-state index contributed by atoms with van der Waals surface area (Å²) in [6, 6.07) is 10.4. The van der Waals surface area contributed by atoms with Crippen LogP contribution < -0.4 is 10.4 Å². The Morgan fingerprint density at radius 3 is 2.50 bits per heavy atom. The van der Waals surface area contributed by atoms with Gasteiger partial charge in [0, 0.05) is 17.9 Å². The Morgan fingerprint density at radius 1 is 1.13 bits per heavy atom. The van der Waals surface area contributed by atoms with Gasteiger partial charge >= 0.3 is 5.69 Å². The Labute approximate surface area is 182 Å². The van der Waals surface area contributed by atoms with E-state index < -0.39 is 6.04 Å². The third-order valence-electron chi connectivity index (χ3n) is 5.57.